The number of hydrogen-bond donors (Lipinski definition) is 1. The first-order valence-corrected chi connectivity index (χ1v) is 6.92. The normalized spacial score (nSPS) is 10.2. The highest BCUT2D eigenvalue weighted by Gasteiger charge is 2.12. The lowest BCUT2D eigenvalue weighted by Crippen LogP contribution is -2.09. The first-order chi connectivity index (χ1) is 9.08. The Balaban J connectivity index is 2.05. The zero-order chi connectivity index (χ0) is 13.8. The Morgan fingerprint density at radius 1 is 1.21 bits per heavy atom. The van der Waals surface area contributed by atoms with Crippen molar-refractivity contribution in [1.29, 1.82) is 0 Å². The van der Waals surface area contributed by atoms with Crippen molar-refractivity contribution in [3.8, 4) is 0 Å². The lowest BCUT2D eigenvalue weighted by molar-refractivity contribution is 0.0474. The molecule has 98 valence electrons. The fraction of sp³-hybridized carbons (Fsp3) is 0.133. The molecule has 0 aliphatic heterocycles. The maximum Gasteiger partial charge on any atom is 0.340 e. The van der Waals surface area contributed by atoms with Crippen LogP contribution in [0.5, 0.6) is 0 Å². The van der Waals surface area contributed by atoms with Crippen LogP contribution in [0.15, 0.2) is 42.5 Å². The van der Waals surface area contributed by atoms with E-state index in [-0.39, 0.29) is 12.6 Å². The van der Waals surface area contributed by atoms with Crippen LogP contribution in [-0.4, -0.2) is 5.97 Å². The van der Waals surface area contributed by atoms with Gasteiger partial charge in [-0.15, -0.1) is 0 Å². The summed E-state index contributed by atoms with van der Waals surface area (Å²) < 4.78 is 6.42. The molecule has 2 rings (SSSR count). The number of hydrogen-bond acceptors (Lipinski definition) is 3. The predicted molar refractivity (Wildman–Crippen MR) is 83.9 cm³/mol. The van der Waals surface area contributed by atoms with Crippen LogP contribution in [0.25, 0.3) is 0 Å². The molecule has 4 heteroatoms. The minimum atomic E-state index is -0.389. The summed E-state index contributed by atoms with van der Waals surface area (Å²) >= 11 is 2.23. The summed E-state index contributed by atoms with van der Waals surface area (Å²) in [7, 11) is 0. The number of anilines is 1. The van der Waals surface area contributed by atoms with Crippen molar-refractivity contribution in [3.63, 3.8) is 0 Å². The number of rotatable bonds is 3. The SMILES string of the molecule is Cc1cccc(C(=O)OCc2ccc(I)cc2)c1N. The quantitative estimate of drug-likeness (QED) is 0.513. The second-order valence-corrected chi connectivity index (χ2v) is 5.48. The highest BCUT2D eigenvalue weighted by Crippen LogP contribution is 2.18. The van der Waals surface area contributed by atoms with Crippen molar-refractivity contribution >= 4 is 34.2 Å². The van der Waals surface area contributed by atoms with Crippen LogP contribution in [0, 0.1) is 10.5 Å². The molecule has 0 aromatic heterocycles. The molecular formula is C15H14INO2. The summed E-state index contributed by atoms with van der Waals surface area (Å²) in [6, 6.07) is 13.2. The second-order valence-electron chi connectivity index (χ2n) is 4.24. The van der Waals surface area contributed by atoms with E-state index in [1.54, 1.807) is 12.1 Å². The summed E-state index contributed by atoms with van der Waals surface area (Å²) in [4.78, 5) is 12.0. The monoisotopic (exact) mass is 367 g/mol. The Labute approximate surface area is 125 Å². The number of carbonyl (C=O) groups is 1. The molecule has 0 bridgehead atoms. The van der Waals surface area contributed by atoms with Gasteiger partial charge in [-0.25, -0.2) is 4.79 Å². The average molecular weight is 367 g/mol. The van der Waals surface area contributed by atoms with Crippen molar-refractivity contribution in [2.45, 2.75) is 13.5 Å². The van der Waals surface area contributed by atoms with E-state index in [4.69, 9.17) is 10.5 Å². The van der Waals surface area contributed by atoms with Gasteiger partial charge in [-0.05, 0) is 58.8 Å². The Kier molecular flexibility index (Phi) is 4.42. The number of para-hydroxylation sites is 1. The number of nitrogens with two attached hydrogens (primary N) is 1. The van der Waals surface area contributed by atoms with Gasteiger partial charge in [-0.2, -0.15) is 0 Å². The molecule has 0 radical (unpaired) electrons. The molecule has 0 saturated carbocycles. The van der Waals surface area contributed by atoms with E-state index >= 15 is 0 Å². The third-order valence-corrected chi connectivity index (χ3v) is 3.55. The minimum Gasteiger partial charge on any atom is -0.457 e. The Morgan fingerprint density at radius 2 is 1.89 bits per heavy atom. The molecule has 0 fully saturated rings. The molecule has 0 atom stereocenters. The number of carbonyl (C=O) groups excluding carboxylic acids is 1. The number of ether oxygens (including phenoxy) is 1. The van der Waals surface area contributed by atoms with Gasteiger partial charge < -0.3 is 10.5 Å². The van der Waals surface area contributed by atoms with Crippen molar-refractivity contribution in [1.82, 2.24) is 0 Å². The molecular weight excluding hydrogens is 353 g/mol. The van der Waals surface area contributed by atoms with Crippen LogP contribution < -0.4 is 5.73 Å². The van der Waals surface area contributed by atoms with Crippen LogP contribution in [-0.2, 0) is 11.3 Å². The zero-order valence-electron chi connectivity index (χ0n) is 10.5. The standard InChI is InChI=1S/C15H14INO2/c1-10-3-2-4-13(14(10)17)15(18)19-9-11-5-7-12(16)8-6-11/h2-8H,9,17H2,1H3. The number of halogens is 1. The van der Waals surface area contributed by atoms with E-state index < -0.39 is 0 Å². The summed E-state index contributed by atoms with van der Waals surface area (Å²) in [6.07, 6.45) is 0. The molecule has 0 heterocycles. The van der Waals surface area contributed by atoms with Crippen LogP contribution in [0.1, 0.15) is 21.5 Å². The van der Waals surface area contributed by atoms with Crippen molar-refractivity contribution in [3.05, 3.63) is 62.7 Å². The number of benzene rings is 2. The molecule has 0 spiro atoms. The average Bonchev–Trinajstić information content (AvgIpc) is 2.41. The van der Waals surface area contributed by atoms with Gasteiger partial charge >= 0.3 is 5.97 Å². The van der Waals surface area contributed by atoms with Gasteiger partial charge in [0.2, 0.25) is 0 Å². The molecule has 2 aromatic carbocycles. The fourth-order valence-corrected chi connectivity index (χ4v) is 2.03. The highest BCUT2D eigenvalue weighted by atomic mass is 127. The third-order valence-electron chi connectivity index (χ3n) is 2.83. The minimum absolute atomic E-state index is 0.253. The summed E-state index contributed by atoms with van der Waals surface area (Å²) in [5, 5.41) is 0. The smallest absolute Gasteiger partial charge is 0.340 e. The van der Waals surface area contributed by atoms with E-state index in [0.29, 0.717) is 11.3 Å². The maximum absolute atomic E-state index is 12.0. The fourth-order valence-electron chi connectivity index (χ4n) is 1.67. The van der Waals surface area contributed by atoms with Gasteiger partial charge in [0.05, 0.1) is 5.56 Å². The summed E-state index contributed by atoms with van der Waals surface area (Å²) in [5.41, 5.74) is 8.61. The van der Waals surface area contributed by atoms with Gasteiger partial charge in [0, 0.05) is 9.26 Å². The lowest BCUT2D eigenvalue weighted by Gasteiger charge is -2.08. The molecule has 0 saturated heterocycles. The van der Waals surface area contributed by atoms with E-state index in [0.717, 1.165) is 14.7 Å². The van der Waals surface area contributed by atoms with Gasteiger partial charge in [-0.1, -0.05) is 24.3 Å². The van der Waals surface area contributed by atoms with Crippen LogP contribution in [0.2, 0.25) is 0 Å². The second kappa shape index (κ2) is 6.06. The molecule has 3 nitrogen and oxygen atoms in total. The largest absolute Gasteiger partial charge is 0.457 e. The van der Waals surface area contributed by atoms with E-state index in [1.165, 1.54) is 0 Å². The van der Waals surface area contributed by atoms with E-state index in [1.807, 2.05) is 37.3 Å². The zero-order valence-corrected chi connectivity index (χ0v) is 12.7. The lowest BCUT2D eigenvalue weighted by atomic mass is 10.1. The number of nitrogen functional groups attached to an aromatic ring is 1. The number of aryl methyl sites for hydroxylation is 1. The van der Waals surface area contributed by atoms with Crippen LogP contribution in [0.4, 0.5) is 5.69 Å². The van der Waals surface area contributed by atoms with Crippen molar-refractivity contribution in [2.24, 2.45) is 0 Å². The Morgan fingerprint density at radius 3 is 2.58 bits per heavy atom. The van der Waals surface area contributed by atoms with Crippen molar-refractivity contribution < 1.29 is 9.53 Å². The molecule has 2 aromatic rings. The van der Waals surface area contributed by atoms with Crippen LogP contribution >= 0.6 is 22.6 Å². The van der Waals surface area contributed by atoms with Crippen LogP contribution in [0.3, 0.4) is 0 Å². The van der Waals surface area contributed by atoms with Gasteiger partial charge in [0.1, 0.15) is 6.61 Å². The van der Waals surface area contributed by atoms with Gasteiger partial charge in [0.25, 0.3) is 0 Å². The predicted octanol–water partition coefficient (Wildman–Crippen LogP) is 3.54. The van der Waals surface area contributed by atoms with Crippen molar-refractivity contribution in [2.75, 3.05) is 5.73 Å². The van der Waals surface area contributed by atoms with E-state index in [2.05, 4.69) is 22.6 Å². The first-order valence-electron chi connectivity index (χ1n) is 5.84. The molecule has 0 unspecified atom stereocenters. The van der Waals surface area contributed by atoms with Gasteiger partial charge in [0.15, 0.2) is 0 Å². The molecule has 19 heavy (non-hydrogen) atoms. The Bertz CT molecular complexity index is 594. The molecule has 0 aliphatic rings. The third kappa shape index (κ3) is 3.47. The summed E-state index contributed by atoms with van der Waals surface area (Å²) in [5.74, 6) is -0.389. The Hall–Kier alpha value is -1.56. The molecule has 0 aliphatic carbocycles. The molecule has 2 N–H and O–H groups in total. The maximum atomic E-state index is 12.0. The first kappa shape index (κ1) is 13.9. The number of esters is 1. The highest BCUT2D eigenvalue weighted by molar-refractivity contribution is 14.1. The van der Waals surface area contributed by atoms with Gasteiger partial charge in [-0.3, -0.25) is 0 Å². The molecule has 0 amide bonds. The van der Waals surface area contributed by atoms with E-state index in [9.17, 15) is 4.79 Å². The topological polar surface area (TPSA) is 52.3 Å². The summed E-state index contributed by atoms with van der Waals surface area (Å²) in [6.45, 7) is 2.12.